The van der Waals surface area contributed by atoms with Gasteiger partial charge in [-0.05, 0) is 23.6 Å². The minimum Gasteiger partial charge on any atom is -0.342 e. The smallest absolute Gasteiger partial charge is 0.261 e. The van der Waals surface area contributed by atoms with Crippen LogP contribution in [0.3, 0.4) is 0 Å². The van der Waals surface area contributed by atoms with Crippen molar-refractivity contribution in [2.24, 2.45) is 0 Å². The Bertz CT molecular complexity index is 674. The summed E-state index contributed by atoms with van der Waals surface area (Å²) < 4.78 is 39.0. The van der Waals surface area contributed by atoms with Crippen molar-refractivity contribution in [2.75, 3.05) is 11.9 Å². The molecule has 1 aromatic carbocycles. The topological polar surface area (TPSA) is 58.2 Å². The monoisotopic (exact) mass is 314 g/mol. The number of amides is 2. The average Bonchev–Trinajstić information content (AvgIpc) is 3.00. The van der Waals surface area contributed by atoms with Crippen molar-refractivity contribution in [3.8, 4) is 0 Å². The van der Waals surface area contributed by atoms with E-state index in [1.54, 1.807) is 17.5 Å². The van der Waals surface area contributed by atoms with E-state index in [2.05, 4.69) is 5.32 Å². The van der Waals surface area contributed by atoms with Gasteiger partial charge in [0.2, 0.25) is 5.91 Å². The predicted molar refractivity (Wildman–Crippen MR) is 71.6 cm³/mol. The van der Waals surface area contributed by atoms with Crippen molar-refractivity contribution < 1.29 is 22.8 Å². The third kappa shape index (κ3) is 3.60. The number of benzene rings is 1. The van der Waals surface area contributed by atoms with Crippen LogP contribution in [0.25, 0.3) is 0 Å². The largest absolute Gasteiger partial charge is 0.342 e. The molecule has 8 heteroatoms. The number of thiophene rings is 1. The molecule has 110 valence electrons. The van der Waals surface area contributed by atoms with E-state index in [1.165, 1.54) is 11.3 Å². The fraction of sp³-hybridized carbons (Fsp3) is 0.0769. The highest BCUT2D eigenvalue weighted by atomic mass is 32.1. The van der Waals surface area contributed by atoms with Crippen LogP contribution in [0.4, 0.5) is 18.9 Å². The maximum absolute atomic E-state index is 13.3. The van der Waals surface area contributed by atoms with Gasteiger partial charge in [-0.15, -0.1) is 11.3 Å². The molecular weight excluding hydrogens is 305 g/mol. The van der Waals surface area contributed by atoms with Gasteiger partial charge < -0.3 is 10.6 Å². The van der Waals surface area contributed by atoms with E-state index in [-0.39, 0.29) is 0 Å². The van der Waals surface area contributed by atoms with Crippen LogP contribution in [0, 0.1) is 17.5 Å². The SMILES string of the molecule is O=C(CNC(=O)c1cccs1)Nc1ccc(F)c(F)c1F. The molecule has 2 N–H and O–H groups in total. The predicted octanol–water partition coefficient (Wildman–Crippen LogP) is 2.53. The second-order valence-corrected chi connectivity index (χ2v) is 4.88. The lowest BCUT2D eigenvalue weighted by molar-refractivity contribution is -0.115. The summed E-state index contributed by atoms with van der Waals surface area (Å²) in [6.45, 7) is -0.421. The zero-order chi connectivity index (χ0) is 15.4. The van der Waals surface area contributed by atoms with Crippen LogP contribution in [-0.2, 0) is 4.79 Å². The molecule has 0 aliphatic rings. The zero-order valence-corrected chi connectivity index (χ0v) is 11.3. The fourth-order valence-electron chi connectivity index (χ4n) is 1.47. The number of nitrogens with one attached hydrogen (secondary N) is 2. The summed E-state index contributed by atoms with van der Waals surface area (Å²) in [5.74, 6) is -5.73. The second kappa shape index (κ2) is 6.40. The lowest BCUT2D eigenvalue weighted by atomic mass is 10.2. The number of rotatable bonds is 4. The number of anilines is 1. The Morgan fingerprint density at radius 1 is 1.10 bits per heavy atom. The van der Waals surface area contributed by atoms with Crippen molar-refractivity contribution in [1.29, 1.82) is 0 Å². The van der Waals surface area contributed by atoms with Gasteiger partial charge in [0, 0.05) is 0 Å². The van der Waals surface area contributed by atoms with Crippen LogP contribution >= 0.6 is 11.3 Å². The third-order valence-electron chi connectivity index (χ3n) is 2.46. The number of carbonyl (C=O) groups is 2. The minimum atomic E-state index is -1.67. The summed E-state index contributed by atoms with van der Waals surface area (Å²) in [6, 6.07) is 4.84. The lowest BCUT2D eigenvalue weighted by Gasteiger charge is -2.08. The van der Waals surface area contributed by atoms with Gasteiger partial charge in [0.1, 0.15) is 0 Å². The Balaban J connectivity index is 1.93. The van der Waals surface area contributed by atoms with Crippen molar-refractivity contribution in [3.05, 3.63) is 52.0 Å². The molecule has 2 rings (SSSR count). The van der Waals surface area contributed by atoms with Gasteiger partial charge in [-0.2, -0.15) is 0 Å². The fourth-order valence-corrected chi connectivity index (χ4v) is 2.11. The molecule has 0 aliphatic carbocycles. The highest BCUT2D eigenvalue weighted by molar-refractivity contribution is 7.12. The Hall–Kier alpha value is -2.35. The summed E-state index contributed by atoms with van der Waals surface area (Å²) in [5.41, 5.74) is -0.496. The van der Waals surface area contributed by atoms with Crippen LogP contribution in [0.2, 0.25) is 0 Å². The molecule has 0 atom stereocenters. The second-order valence-electron chi connectivity index (χ2n) is 3.93. The normalized spacial score (nSPS) is 10.2. The minimum absolute atomic E-state index is 0.418. The molecule has 4 nitrogen and oxygen atoms in total. The van der Waals surface area contributed by atoms with Crippen molar-refractivity contribution >= 4 is 28.8 Å². The molecule has 0 saturated carbocycles. The highest BCUT2D eigenvalue weighted by Crippen LogP contribution is 2.19. The first kappa shape index (κ1) is 15.0. The van der Waals surface area contributed by atoms with E-state index >= 15 is 0 Å². The molecule has 0 radical (unpaired) electrons. The first-order valence-corrected chi connectivity index (χ1v) is 6.62. The van der Waals surface area contributed by atoms with Gasteiger partial charge in [0.25, 0.3) is 5.91 Å². The Morgan fingerprint density at radius 3 is 2.52 bits per heavy atom. The van der Waals surface area contributed by atoms with Crippen molar-refractivity contribution in [1.82, 2.24) is 5.32 Å². The van der Waals surface area contributed by atoms with Gasteiger partial charge >= 0.3 is 0 Å². The van der Waals surface area contributed by atoms with E-state index in [4.69, 9.17) is 0 Å². The van der Waals surface area contributed by atoms with E-state index in [0.29, 0.717) is 10.9 Å². The van der Waals surface area contributed by atoms with Gasteiger partial charge in [0.15, 0.2) is 17.5 Å². The molecule has 2 amide bonds. The summed E-state index contributed by atoms with van der Waals surface area (Å²) >= 11 is 1.20. The molecular formula is C13H9F3N2O2S. The maximum atomic E-state index is 13.3. The maximum Gasteiger partial charge on any atom is 0.261 e. The zero-order valence-electron chi connectivity index (χ0n) is 10.5. The van der Waals surface area contributed by atoms with Crippen LogP contribution in [-0.4, -0.2) is 18.4 Å². The summed E-state index contributed by atoms with van der Waals surface area (Å²) in [7, 11) is 0. The Morgan fingerprint density at radius 2 is 1.86 bits per heavy atom. The average molecular weight is 314 g/mol. The Labute approximate surface area is 121 Å². The number of hydrogen-bond donors (Lipinski definition) is 2. The number of halogens is 3. The van der Waals surface area contributed by atoms with Crippen molar-refractivity contribution in [2.45, 2.75) is 0 Å². The van der Waals surface area contributed by atoms with Gasteiger partial charge in [0.05, 0.1) is 17.1 Å². The molecule has 0 saturated heterocycles. The molecule has 0 bridgehead atoms. The summed E-state index contributed by atoms with van der Waals surface area (Å²) in [4.78, 5) is 23.5. The molecule has 1 heterocycles. The number of carbonyl (C=O) groups excluding carboxylic acids is 2. The highest BCUT2D eigenvalue weighted by Gasteiger charge is 2.15. The molecule has 1 aromatic heterocycles. The molecule has 0 spiro atoms. The van der Waals surface area contributed by atoms with E-state index in [9.17, 15) is 22.8 Å². The van der Waals surface area contributed by atoms with Gasteiger partial charge in [-0.1, -0.05) is 6.07 Å². The first-order valence-electron chi connectivity index (χ1n) is 5.74. The molecule has 21 heavy (non-hydrogen) atoms. The Kier molecular flexibility index (Phi) is 4.59. The van der Waals surface area contributed by atoms with Crippen LogP contribution in [0.5, 0.6) is 0 Å². The van der Waals surface area contributed by atoms with E-state index in [0.717, 1.165) is 6.07 Å². The summed E-state index contributed by atoms with van der Waals surface area (Å²) in [5, 5.41) is 6.07. The summed E-state index contributed by atoms with van der Waals surface area (Å²) in [6.07, 6.45) is 0. The quantitative estimate of drug-likeness (QED) is 0.852. The third-order valence-corrected chi connectivity index (χ3v) is 3.33. The van der Waals surface area contributed by atoms with E-state index < -0.39 is 41.5 Å². The van der Waals surface area contributed by atoms with Gasteiger partial charge in [-0.3, -0.25) is 9.59 Å². The molecule has 2 aromatic rings. The lowest BCUT2D eigenvalue weighted by Crippen LogP contribution is -2.32. The first-order chi connectivity index (χ1) is 9.99. The number of hydrogen-bond acceptors (Lipinski definition) is 3. The van der Waals surface area contributed by atoms with Crippen LogP contribution < -0.4 is 10.6 Å². The molecule has 0 fully saturated rings. The molecule has 0 aliphatic heterocycles. The standard InChI is InChI=1S/C13H9F3N2O2S/c14-7-3-4-8(12(16)11(7)15)18-10(19)6-17-13(20)9-2-1-5-21-9/h1-5H,6H2,(H,17,20)(H,18,19). The van der Waals surface area contributed by atoms with Crippen LogP contribution in [0.15, 0.2) is 29.6 Å². The van der Waals surface area contributed by atoms with Crippen molar-refractivity contribution in [3.63, 3.8) is 0 Å². The van der Waals surface area contributed by atoms with Crippen LogP contribution in [0.1, 0.15) is 9.67 Å². The van der Waals surface area contributed by atoms with E-state index in [1.807, 2.05) is 5.32 Å². The molecule has 0 unspecified atom stereocenters. The van der Waals surface area contributed by atoms with Gasteiger partial charge in [-0.25, -0.2) is 13.2 Å².